The van der Waals surface area contributed by atoms with E-state index < -0.39 is 0 Å². The van der Waals surface area contributed by atoms with Crippen LogP contribution in [0.15, 0.2) is 18.2 Å². The van der Waals surface area contributed by atoms with Gasteiger partial charge in [-0.25, -0.2) is 0 Å². The second-order valence-corrected chi connectivity index (χ2v) is 3.74. The van der Waals surface area contributed by atoms with E-state index in [9.17, 15) is 0 Å². The lowest BCUT2D eigenvalue weighted by Gasteiger charge is -2.18. The van der Waals surface area contributed by atoms with Crippen LogP contribution < -0.4 is 10.4 Å². The van der Waals surface area contributed by atoms with Crippen molar-refractivity contribution in [3.8, 4) is 0 Å². The van der Waals surface area contributed by atoms with Crippen molar-refractivity contribution in [2.24, 2.45) is 0 Å². The Morgan fingerprint density at radius 3 is 2.60 bits per heavy atom. The molecule has 0 fully saturated rings. The summed E-state index contributed by atoms with van der Waals surface area (Å²) in [6.45, 7) is 2.90. The number of hydrogen-bond acceptors (Lipinski definition) is 3. The molecule has 0 aliphatic rings. The highest BCUT2D eigenvalue weighted by molar-refractivity contribution is 5.54. The minimum Gasteiger partial charge on any atom is -0.377 e. The van der Waals surface area contributed by atoms with Crippen LogP contribution in [0.4, 0.5) is 5.69 Å². The molecular formula is C12H20N2O. The van der Waals surface area contributed by atoms with Crippen LogP contribution in [0.5, 0.6) is 0 Å². The Bertz CT molecular complexity index is 310. The van der Waals surface area contributed by atoms with Crippen molar-refractivity contribution >= 4 is 5.69 Å². The van der Waals surface area contributed by atoms with Gasteiger partial charge in [0.25, 0.3) is 0 Å². The first-order chi connectivity index (χ1) is 7.19. The molecule has 0 aliphatic carbocycles. The molecule has 3 heteroatoms. The Kier molecular flexibility index (Phi) is 4.59. The fourth-order valence-corrected chi connectivity index (χ4v) is 1.59. The van der Waals surface area contributed by atoms with Gasteiger partial charge in [0.1, 0.15) is 0 Å². The van der Waals surface area contributed by atoms with Gasteiger partial charge < -0.3 is 9.74 Å². The second kappa shape index (κ2) is 5.73. The summed E-state index contributed by atoms with van der Waals surface area (Å²) in [4.78, 5) is 7.00. The number of hydroxylamine groups is 1. The quantitative estimate of drug-likeness (QED) is 0.749. The SMILES string of the molecule is CCc1ccc(N(C)C)c(CNOC)c1. The van der Waals surface area contributed by atoms with Crippen molar-refractivity contribution < 1.29 is 4.84 Å². The normalized spacial score (nSPS) is 10.4. The lowest BCUT2D eigenvalue weighted by Crippen LogP contribution is -2.16. The van der Waals surface area contributed by atoms with E-state index in [1.165, 1.54) is 16.8 Å². The molecule has 0 atom stereocenters. The maximum Gasteiger partial charge on any atom is 0.0572 e. The Balaban J connectivity index is 2.94. The number of nitrogens with one attached hydrogen (secondary N) is 1. The molecule has 0 unspecified atom stereocenters. The summed E-state index contributed by atoms with van der Waals surface area (Å²) in [6.07, 6.45) is 1.06. The van der Waals surface area contributed by atoms with Gasteiger partial charge in [-0.05, 0) is 23.6 Å². The number of benzene rings is 1. The Labute approximate surface area is 92.0 Å². The number of rotatable bonds is 5. The van der Waals surface area contributed by atoms with Crippen LogP contribution in [0.2, 0.25) is 0 Å². The number of hydrogen-bond donors (Lipinski definition) is 1. The zero-order valence-electron chi connectivity index (χ0n) is 10.0. The third kappa shape index (κ3) is 3.22. The van der Waals surface area contributed by atoms with Crippen LogP contribution in [-0.2, 0) is 17.8 Å². The van der Waals surface area contributed by atoms with Crippen molar-refractivity contribution in [1.82, 2.24) is 5.48 Å². The Morgan fingerprint density at radius 2 is 2.07 bits per heavy atom. The third-order valence-corrected chi connectivity index (χ3v) is 2.44. The van der Waals surface area contributed by atoms with Gasteiger partial charge in [0.2, 0.25) is 0 Å². The van der Waals surface area contributed by atoms with E-state index in [4.69, 9.17) is 4.84 Å². The van der Waals surface area contributed by atoms with Gasteiger partial charge in [-0.15, -0.1) is 0 Å². The first kappa shape index (κ1) is 12.0. The highest BCUT2D eigenvalue weighted by Gasteiger charge is 2.04. The van der Waals surface area contributed by atoms with E-state index >= 15 is 0 Å². The molecular weight excluding hydrogens is 188 g/mol. The maximum atomic E-state index is 4.89. The Morgan fingerprint density at radius 1 is 1.33 bits per heavy atom. The molecule has 1 N–H and O–H groups in total. The van der Waals surface area contributed by atoms with Gasteiger partial charge >= 0.3 is 0 Å². The van der Waals surface area contributed by atoms with Gasteiger partial charge in [-0.1, -0.05) is 19.1 Å². The largest absolute Gasteiger partial charge is 0.377 e. The average Bonchev–Trinajstić information content (AvgIpc) is 2.25. The first-order valence-electron chi connectivity index (χ1n) is 5.24. The minimum atomic E-state index is 0.734. The minimum absolute atomic E-state index is 0.734. The molecule has 0 aromatic heterocycles. The molecule has 0 bridgehead atoms. The van der Waals surface area contributed by atoms with E-state index in [2.05, 4.69) is 49.6 Å². The molecule has 1 aromatic rings. The van der Waals surface area contributed by atoms with Gasteiger partial charge in [-0.2, -0.15) is 5.48 Å². The van der Waals surface area contributed by atoms with E-state index in [-0.39, 0.29) is 0 Å². The molecule has 0 spiro atoms. The molecule has 0 radical (unpaired) electrons. The van der Waals surface area contributed by atoms with E-state index in [1.807, 2.05) is 0 Å². The van der Waals surface area contributed by atoms with Gasteiger partial charge in [-0.3, -0.25) is 0 Å². The number of aryl methyl sites for hydroxylation is 1. The summed E-state index contributed by atoms with van der Waals surface area (Å²) in [5.74, 6) is 0. The molecule has 0 saturated carbocycles. The van der Waals surface area contributed by atoms with Crippen LogP contribution in [0.3, 0.4) is 0 Å². The van der Waals surface area contributed by atoms with Crippen LogP contribution in [0, 0.1) is 0 Å². The third-order valence-electron chi connectivity index (χ3n) is 2.44. The summed E-state index contributed by atoms with van der Waals surface area (Å²) < 4.78 is 0. The molecule has 0 aliphatic heterocycles. The first-order valence-corrected chi connectivity index (χ1v) is 5.24. The van der Waals surface area contributed by atoms with E-state index in [0.29, 0.717) is 0 Å². The number of anilines is 1. The zero-order chi connectivity index (χ0) is 11.3. The summed E-state index contributed by atoms with van der Waals surface area (Å²) in [5.41, 5.74) is 6.74. The maximum absolute atomic E-state index is 4.89. The topological polar surface area (TPSA) is 24.5 Å². The Hall–Kier alpha value is -1.06. The van der Waals surface area contributed by atoms with E-state index in [1.54, 1.807) is 7.11 Å². The summed E-state index contributed by atoms with van der Waals surface area (Å²) in [5, 5.41) is 0. The zero-order valence-corrected chi connectivity index (χ0v) is 10.0. The summed E-state index contributed by atoms with van der Waals surface area (Å²) >= 11 is 0. The van der Waals surface area contributed by atoms with Crippen LogP contribution in [0.1, 0.15) is 18.1 Å². The summed E-state index contributed by atoms with van der Waals surface area (Å²) in [6, 6.07) is 6.55. The standard InChI is InChI=1S/C12H20N2O/c1-5-10-6-7-12(14(2)3)11(8-10)9-13-15-4/h6-8,13H,5,9H2,1-4H3. The predicted octanol–water partition coefficient (Wildman–Crippen LogP) is 1.97. The molecule has 3 nitrogen and oxygen atoms in total. The molecule has 0 saturated heterocycles. The molecule has 1 rings (SSSR count). The van der Waals surface area contributed by atoms with Crippen molar-refractivity contribution in [3.05, 3.63) is 29.3 Å². The van der Waals surface area contributed by atoms with Crippen LogP contribution in [-0.4, -0.2) is 21.2 Å². The van der Waals surface area contributed by atoms with Crippen LogP contribution >= 0.6 is 0 Å². The molecule has 15 heavy (non-hydrogen) atoms. The van der Waals surface area contributed by atoms with Gasteiger partial charge in [0.05, 0.1) is 7.11 Å². The highest BCUT2D eigenvalue weighted by atomic mass is 16.6. The van der Waals surface area contributed by atoms with E-state index in [0.717, 1.165) is 13.0 Å². The molecule has 1 aromatic carbocycles. The highest BCUT2D eigenvalue weighted by Crippen LogP contribution is 2.20. The lowest BCUT2D eigenvalue weighted by molar-refractivity contribution is 0.0868. The van der Waals surface area contributed by atoms with Gasteiger partial charge in [0.15, 0.2) is 0 Å². The number of nitrogens with zero attached hydrogens (tertiary/aromatic N) is 1. The molecule has 0 amide bonds. The predicted molar refractivity (Wildman–Crippen MR) is 64.0 cm³/mol. The smallest absolute Gasteiger partial charge is 0.0572 e. The average molecular weight is 208 g/mol. The lowest BCUT2D eigenvalue weighted by atomic mass is 10.1. The summed E-state index contributed by atoms with van der Waals surface area (Å²) in [7, 11) is 5.74. The van der Waals surface area contributed by atoms with Crippen molar-refractivity contribution in [2.45, 2.75) is 19.9 Å². The molecule has 84 valence electrons. The van der Waals surface area contributed by atoms with Crippen molar-refractivity contribution in [2.75, 3.05) is 26.1 Å². The second-order valence-electron chi connectivity index (χ2n) is 3.74. The molecule has 0 heterocycles. The fourth-order valence-electron chi connectivity index (χ4n) is 1.59. The van der Waals surface area contributed by atoms with Crippen LogP contribution in [0.25, 0.3) is 0 Å². The monoisotopic (exact) mass is 208 g/mol. The van der Waals surface area contributed by atoms with Gasteiger partial charge in [0, 0.05) is 26.3 Å². The fraction of sp³-hybridized carbons (Fsp3) is 0.500. The van der Waals surface area contributed by atoms with Crippen molar-refractivity contribution in [1.29, 1.82) is 0 Å². The van der Waals surface area contributed by atoms with Crippen molar-refractivity contribution in [3.63, 3.8) is 0 Å².